The summed E-state index contributed by atoms with van der Waals surface area (Å²) in [5.74, 6) is 0.321. The van der Waals surface area contributed by atoms with Crippen LogP contribution in [-0.2, 0) is 4.79 Å². The van der Waals surface area contributed by atoms with Crippen LogP contribution in [0.15, 0.2) is 47.6 Å². The summed E-state index contributed by atoms with van der Waals surface area (Å²) >= 11 is 7.13. The van der Waals surface area contributed by atoms with Crippen molar-refractivity contribution in [2.45, 2.75) is 0 Å². The molecule has 0 atom stereocenters. The summed E-state index contributed by atoms with van der Waals surface area (Å²) < 4.78 is 5.27. The second-order valence-electron chi connectivity index (χ2n) is 6.59. The molecule has 31 heavy (non-hydrogen) atoms. The van der Waals surface area contributed by atoms with Gasteiger partial charge in [-0.05, 0) is 36.4 Å². The third-order valence-corrected chi connectivity index (χ3v) is 5.76. The maximum atomic E-state index is 12.6. The Morgan fingerprint density at radius 2 is 2.19 bits per heavy atom. The van der Waals surface area contributed by atoms with Gasteiger partial charge in [0.2, 0.25) is 0 Å². The molecule has 0 unspecified atom stereocenters. The first kappa shape index (κ1) is 20.7. The predicted molar refractivity (Wildman–Crippen MR) is 123 cm³/mol. The molecule has 1 aliphatic rings. The van der Waals surface area contributed by atoms with Gasteiger partial charge in [-0.2, -0.15) is 0 Å². The molecule has 1 aromatic carbocycles. The number of carbonyl (C=O) groups excluding carboxylic acids is 2. The van der Waals surface area contributed by atoms with Crippen LogP contribution in [-0.4, -0.2) is 36.3 Å². The number of fused-ring (bicyclic) bond motifs is 1. The Hall–Kier alpha value is -3.56. The summed E-state index contributed by atoms with van der Waals surface area (Å²) in [5.41, 5.74) is 8.30. The van der Waals surface area contributed by atoms with Crippen LogP contribution in [0.2, 0.25) is 5.02 Å². The first-order valence-corrected chi connectivity index (χ1v) is 10.4. The number of thiophene rings is 1. The molecular formula is C21H18ClN5O3S. The van der Waals surface area contributed by atoms with Gasteiger partial charge in [0.1, 0.15) is 16.6 Å². The fourth-order valence-corrected chi connectivity index (χ4v) is 4.21. The van der Waals surface area contributed by atoms with Crippen molar-refractivity contribution < 1.29 is 14.3 Å². The SMILES string of the molecule is COc1cc[nH]c1/C=C1\C(=O)Nc2sc(C(=O)NCC(N)=Nc3cccc(Cl)c3)cc21. The van der Waals surface area contributed by atoms with Gasteiger partial charge in [-0.15, -0.1) is 11.3 Å². The minimum absolute atomic E-state index is 0.0721. The normalized spacial score (nSPS) is 14.5. The number of ether oxygens (including phenoxy) is 1. The van der Waals surface area contributed by atoms with Crippen molar-refractivity contribution in [2.75, 3.05) is 19.0 Å². The number of anilines is 1. The van der Waals surface area contributed by atoms with Gasteiger partial charge in [-0.1, -0.05) is 17.7 Å². The quantitative estimate of drug-likeness (QED) is 0.257. The lowest BCUT2D eigenvalue weighted by Gasteiger charge is -2.04. The number of aliphatic imine (C=N–C) groups is 1. The highest BCUT2D eigenvalue weighted by Crippen LogP contribution is 2.40. The van der Waals surface area contributed by atoms with E-state index in [2.05, 4.69) is 20.6 Å². The number of H-pyrrole nitrogens is 1. The van der Waals surface area contributed by atoms with E-state index >= 15 is 0 Å². The number of nitrogens with zero attached hydrogens (tertiary/aromatic N) is 1. The molecule has 2 aromatic heterocycles. The molecule has 8 nitrogen and oxygen atoms in total. The fraction of sp³-hybridized carbons (Fsp3) is 0.0952. The summed E-state index contributed by atoms with van der Waals surface area (Å²) in [6.45, 7) is 0.0721. The maximum Gasteiger partial charge on any atom is 0.261 e. The van der Waals surface area contributed by atoms with Crippen LogP contribution in [0.5, 0.6) is 5.75 Å². The minimum atomic E-state index is -0.310. The van der Waals surface area contributed by atoms with Gasteiger partial charge in [-0.25, -0.2) is 4.99 Å². The van der Waals surface area contributed by atoms with E-state index < -0.39 is 0 Å². The molecule has 4 rings (SSSR count). The number of amides is 2. The van der Waals surface area contributed by atoms with Crippen LogP contribution in [0.4, 0.5) is 10.7 Å². The van der Waals surface area contributed by atoms with E-state index in [9.17, 15) is 9.59 Å². The van der Waals surface area contributed by atoms with E-state index in [1.807, 2.05) is 0 Å². The van der Waals surface area contributed by atoms with Gasteiger partial charge < -0.3 is 26.1 Å². The number of aromatic amines is 1. The van der Waals surface area contributed by atoms with Crippen molar-refractivity contribution in [3.05, 3.63) is 63.8 Å². The van der Waals surface area contributed by atoms with Crippen LogP contribution in [0.3, 0.4) is 0 Å². The van der Waals surface area contributed by atoms with Crippen molar-refractivity contribution in [1.82, 2.24) is 10.3 Å². The molecule has 2 amide bonds. The van der Waals surface area contributed by atoms with E-state index in [1.165, 1.54) is 11.3 Å². The zero-order chi connectivity index (χ0) is 22.0. The highest BCUT2D eigenvalue weighted by Gasteiger charge is 2.29. The molecule has 0 bridgehead atoms. The molecule has 0 fully saturated rings. The Morgan fingerprint density at radius 1 is 1.35 bits per heavy atom. The van der Waals surface area contributed by atoms with Crippen LogP contribution in [0, 0.1) is 0 Å². The number of carbonyl (C=O) groups is 2. The Labute approximate surface area is 186 Å². The van der Waals surface area contributed by atoms with E-state index in [0.717, 1.165) is 0 Å². The van der Waals surface area contributed by atoms with Crippen LogP contribution < -0.4 is 21.1 Å². The van der Waals surface area contributed by atoms with Gasteiger partial charge in [-0.3, -0.25) is 9.59 Å². The number of nitrogens with one attached hydrogen (secondary N) is 3. The number of rotatable bonds is 6. The molecule has 10 heteroatoms. The summed E-state index contributed by atoms with van der Waals surface area (Å²) in [6, 6.07) is 10.4. The molecule has 3 heterocycles. The lowest BCUT2D eigenvalue weighted by molar-refractivity contribution is -0.110. The third-order valence-electron chi connectivity index (χ3n) is 4.48. The zero-order valence-corrected chi connectivity index (χ0v) is 17.9. The van der Waals surface area contributed by atoms with Crippen molar-refractivity contribution in [3.63, 3.8) is 0 Å². The molecular weight excluding hydrogens is 438 g/mol. The Balaban J connectivity index is 1.48. The average molecular weight is 456 g/mol. The van der Waals surface area contributed by atoms with E-state index in [0.29, 0.717) is 43.2 Å². The van der Waals surface area contributed by atoms with Gasteiger partial charge in [0.05, 0.1) is 35.5 Å². The number of methoxy groups -OCH3 is 1. The molecule has 158 valence electrons. The molecule has 0 radical (unpaired) electrons. The number of benzene rings is 1. The fourth-order valence-electron chi connectivity index (χ4n) is 3.04. The van der Waals surface area contributed by atoms with Crippen molar-refractivity contribution in [2.24, 2.45) is 10.7 Å². The molecule has 3 aromatic rings. The molecule has 0 spiro atoms. The van der Waals surface area contributed by atoms with Gasteiger partial charge in [0.15, 0.2) is 0 Å². The Morgan fingerprint density at radius 3 is 2.97 bits per heavy atom. The highest BCUT2D eigenvalue weighted by atomic mass is 35.5. The predicted octanol–water partition coefficient (Wildman–Crippen LogP) is 3.65. The van der Waals surface area contributed by atoms with E-state index in [4.69, 9.17) is 22.1 Å². The first-order valence-electron chi connectivity index (χ1n) is 9.20. The summed E-state index contributed by atoms with van der Waals surface area (Å²) in [5, 5.41) is 6.70. The number of hydrogen-bond acceptors (Lipinski definition) is 5. The zero-order valence-electron chi connectivity index (χ0n) is 16.4. The first-order chi connectivity index (χ1) is 14.9. The number of nitrogens with two attached hydrogens (primary N) is 1. The topological polar surface area (TPSA) is 122 Å². The average Bonchev–Trinajstić information content (AvgIpc) is 3.42. The molecule has 5 N–H and O–H groups in total. The van der Waals surface area contributed by atoms with Crippen molar-refractivity contribution in [3.8, 4) is 5.75 Å². The summed E-state index contributed by atoms with van der Waals surface area (Å²) in [6.07, 6.45) is 3.42. The molecule has 0 saturated carbocycles. The standard InChI is InChI=1S/C21H18ClN5O3S/c1-30-16-5-6-24-15(16)8-13-14-9-17(31-21(14)27-19(13)28)20(29)25-10-18(23)26-12-4-2-3-11(22)7-12/h2-9,24H,10H2,1H3,(H2,23,26)(H,25,29)(H,27,28)/b13-8-. The number of hydrogen-bond donors (Lipinski definition) is 4. The summed E-state index contributed by atoms with van der Waals surface area (Å²) in [7, 11) is 1.56. The largest absolute Gasteiger partial charge is 0.495 e. The Bertz CT molecular complexity index is 1230. The summed E-state index contributed by atoms with van der Waals surface area (Å²) in [4.78, 5) is 32.6. The lowest BCUT2D eigenvalue weighted by atomic mass is 10.1. The second-order valence-corrected chi connectivity index (χ2v) is 8.08. The maximum absolute atomic E-state index is 12.6. The smallest absolute Gasteiger partial charge is 0.261 e. The van der Waals surface area contributed by atoms with Crippen molar-refractivity contribution in [1.29, 1.82) is 0 Å². The number of amidine groups is 1. The van der Waals surface area contributed by atoms with E-state index in [-0.39, 0.29) is 24.2 Å². The van der Waals surface area contributed by atoms with E-state index in [1.54, 1.807) is 55.8 Å². The van der Waals surface area contributed by atoms with Crippen LogP contribution in [0.25, 0.3) is 11.6 Å². The molecule has 1 aliphatic heterocycles. The lowest BCUT2D eigenvalue weighted by Crippen LogP contribution is -2.33. The molecule has 0 saturated heterocycles. The Kier molecular flexibility index (Phi) is 5.79. The number of halogens is 1. The monoisotopic (exact) mass is 455 g/mol. The highest BCUT2D eigenvalue weighted by molar-refractivity contribution is 7.18. The second kappa shape index (κ2) is 8.66. The third kappa shape index (κ3) is 4.47. The van der Waals surface area contributed by atoms with Crippen LogP contribution in [0.1, 0.15) is 20.9 Å². The minimum Gasteiger partial charge on any atom is -0.495 e. The van der Waals surface area contributed by atoms with Crippen molar-refractivity contribution >= 4 is 62.9 Å². The van der Waals surface area contributed by atoms with Gasteiger partial charge in [0.25, 0.3) is 11.8 Å². The van der Waals surface area contributed by atoms with Gasteiger partial charge in [0, 0.05) is 16.8 Å². The number of aromatic nitrogens is 1. The van der Waals surface area contributed by atoms with Crippen LogP contribution >= 0.6 is 22.9 Å². The van der Waals surface area contributed by atoms with Gasteiger partial charge >= 0.3 is 0 Å². The molecule has 0 aliphatic carbocycles.